The lowest BCUT2D eigenvalue weighted by Crippen LogP contribution is -2.18. The SMILES string of the molecule is CC(C)(C)c1ccc(COC(=O)c2ccc[nH]c2=O)cc1. The van der Waals surface area contributed by atoms with Gasteiger partial charge in [-0.25, -0.2) is 4.79 Å². The highest BCUT2D eigenvalue weighted by Crippen LogP contribution is 2.22. The van der Waals surface area contributed by atoms with E-state index in [-0.39, 0.29) is 17.6 Å². The molecule has 0 aliphatic carbocycles. The van der Waals surface area contributed by atoms with Crippen molar-refractivity contribution >= 4 is 5.97 Å². The molecule has 110 valence electrons. The van der Waals surface area contributed by atoms with Crippen molar-refractivity contribution in [1.29, 1.82) is 0 Å². The predicted octanol–water partition coefficient (Wildman–Crippen LogP) is 3.03. The van der Waals surface area contributed by atoms with Crippen molar-refractivity contribution in [2.24, 2.45) is 0 Å². The Balaban J connectivity index is 2.02. The number of hydrogen-bond donors (Lipinski definition) is 1. The number of ether oxygens (including phenoxy) is 1. The smallest absolute Gasteiger partial charge is 0.344 e. The van der Waals surface area contributed by atoms with Crippen LogP contribution >= 0.6 is 0 Å². The van der Waals surface area contributed by atoms with Gasteiger partial charge in [0.15, 0.2) is 0 Å². The van der Waals surface area contributed by atoms with E-state index in [9.17, 15) is 9.59 Å². The highest BCUT2D eigenvalue weighted by atomic mass is 16.5. The molecule has 4 nitrogen and oxygen atoms in total. The first kappa shape index (κ1) is 15.0. The average molecular weight is 285 g/mol. The highest BCUT2D eigenvalue weighted by Gasteiger charge is 2.14. The normalized spacial score (nSPS) is 11.2. The summed E-state index contributed by atoms with van der Waals surface area (Å²) in [6.45, 7) is 6.58. The minimum absolute atomic E-state index is 0.0174. The maximum atomic E-state index is 11.8. The molecule has 0 unspecified atom stereocenters. The molecular formula is C17H19NO3. The monoisotopic (exact) mass is 285 g/mol. The van der Waals surface area contributed by atoms with Crippen molar-refractivity contribution in [2.45, 2.75) is 32.8 Å². The first-order chi connectivity index (χ1) is 9.88. The summed E-state index contributed by atoms with van der Waals surface area (Å²) in [5, 5.41) is 0. The van der Waals surface area contributed by atoms with Crippen LogP contribution in [0, 0.1) is 0 Å². The first-order valence-electron chi connectivity index (χ1n) is 6.82. The fourth-order valence-corrected chi connectivity index (χ4v) is 1.91. The Bertz CT molecular complexity index is 678. The third-order valence-corrected chi connectivity index (χ3v) is 3.23. The van der Waals surface area contributed by atoms with Crippen LogP contribution < -0.4 is 5.56 Å². The molecule has 1 N–H and O–H groups in total. The number of aromatic nitrogens is 1. The predicted molar refractivity (Wildman–Crippen MR) is 81.3 cm³/mol. The van der Waals surface area contributed by atoms with E-state index in [1.54, 1.807) is 6.07 Å². The fraction of sp³-hybridized carbons (Fsp3) is 0.294. The van der Waals surface area contributed by atoms with Crippen LogP contribution in [0.2, 0.25) is 0 Å². The number of nitrogens with one attached hydrogen (secondary N) is 1. The van der Waals surface area contributed by atoms with Crippen LogP contribution in [0.15, 0.2) is 47.4 Å². The summed E-state index contributed by atoms with van der Waals surface area (Å²) in [7, 11) is 0. The molecule has 1 heterocycles. The van der Waals surface area contributed by atoms with Crippen molar-refractivity contribution < 1.29 is 9.53 Å². The lowest BCUT2D eigenvalue weighted by Gasteiger charge is -2.19. The zero-order valence-corrected chi connectivity index (χ0v) is 12.5. The molecule has 2 aromatic rings. The second-order valence-corrected chi connectivity index (χ2v) is 5.94. The summed E-state index contributed by atoms with van der Waals surface area (Å²) in [6.07, 6.45) is 1.48. The standard InChI is InChI=1S/C17H19NO3/c1-17(2,3)13-8-6-12(7-9-13)11-21-16(20)14-5-4-10-18-15(14)19/h4-10H,11H2,1-3H3,(H,18,19). The fourth-order valence-electron chi connectivity index (χ4n) is 1.91. The van der Waals surface area contributed by atoms with Gasteiger partial charge in [0, 0.05) is 6.20 Å². The van der Waals surface area contributed by atoms with Crippen LogP contribution in [-0.2, 0) is 16.8 Å². The van der Waals surface area contributed by atoms with Gasteiger partial charge < -0.3 is 9.72 Å². The average Bonchev–Trinajstić information content (AvgIpc) is 2.45. The van der Waals surface area contributed by atoms with Crippen LogP contribution in [0.25, 0.3) is 0 Å². The van der Waals surface area contributed by atoms with Gasteiger partial charge in [-0.15, -0.1) is 0 Å². The molecule has 1 aromatic heterocycles. The van der Waals surface area contributed by atoms with E-state index in [1.807, 2.05) is 24.3 Å². The Morgan fingerprint density at radius 1 is 1.14 bits per heavy atom. The Kier molecular flexibility index (Phi) is 4.26. The molecule has 0 aliphatic heterocycles. The molecule has 0 saturated carbocycles. The van der Waals surface area contributed by atoms with Crippen LogP contribution in [0.4, 0.5) is 0 Å². The van der Waals surface area contributed by atoms with Gasteiger partial charge in [0.05, 0.1) is 0 Å². The van der Waals surface area contributed by atoms with Crippen molar-refractivity contribution in [2.75, 3.05) is 0 Å². The molecule has 0 fully saturated rings. The molecule has 0 aliphatic rings. The van der Waals surface area contributed by atoms with Gasteiger partial charge in [0.1, 0.15) is 12.2 Å². The number of rotatable bonds is 3. The van der Waals surface area contributed by atoms with Gasteiger partial charge in [-0.1, -0.05) is 45.0 Å². The molecule has 2 rings (SSSR count). The van der Waals surface area contributed by atoms with Crippen molar-refractivity contribution in [1.82, 2.24) is 4.98 Å². The molecule has 0 spiro atoms. The summed E-state index contributed by atoms with van der Waals surface area (Å²) in [5.41, 5.74) is 1.78. The molecule has 0 saturated heterocycles. The lowest BCUT2D eigenvalue weighted by molar-refractivity contribution is 0.0470. The molecule has 0 radical (unpaired) electrons. The lowest BCUT2D eigenvalue weighted by atomic mass is 9.87. The van der Waals surface area contributed by atoms with E-state index in [0.29, 0.717) is 0 Å². The second-order valence-electron chi connectivity index (χ2n) is 5.94. The quantitative estimate of drug-likeness (QED) is 0.882. The molecule has 0 bridgehead atoms. The summed E-state index contributed by atoms with van der Waals surface area (Å²) in [4.78, 5) is 25.7. The van der Waals surface area contributed by atoms with Crippen molar-refractivity contribution in [3.8, 4) is 0 Å². The maximum Gasteiger partial charge on any atom is 0.344 e. The van der Waals surface area contributed by atoms with Gasteiger partial charge in [-0.3, -0.25) is 4.79 Å². The van der Waals surface area contributed by atoms with Crippen LogP contribution in [-0.4, -0.2) is 11.0 Å². The van der Waals surface area contributed by atoms with E-state index >= 15 is 0 Å². The largest absolute Gasteiger partial charge is 0.457 e. The maximum absolute atomic E-state index is 11.8. The zero-order valence-electron chi connectivity index (χ0n) is 12.5. The van der Waals surface area contributed by atoms with Crippen LogP contribution in [0.1, 0.15) is 42.3 Å². The number of aromatic amines is 1. The van der Waals surface area contributed by atoms with Gasteiger partial charge in [-0.2, -0.15) is 0 Å². The van der Waals surface area contributed by atoms with Crippen LogP contribution in [0.5, 0.6) is 0 Å². The van der Waals surface area contributed by atoms with E-state index in [2.05, 4.69) is 25.8 Å². The topological polar surface area (TPSA) is 59.2 Å². The van der Waals surface area contributed by atoms with E-state index < -0.39 is 11.5 Å². The number of esters is 1. The number of carbonyl (C=O) groups excluding carboxylic acids is 1. The third-order valence-electron chi connectivity index (χ3n) is 3.23. The number of pyridine rings is 1. The highest BCUT2D eigenvalue weighted by molar-refractivity contribution is 5.88. The summed E-state index contributed by atoms with van der Waals surface area (Å²) in [6, 6.07) is 11.0. The molecule has 0 atom stereocenters. The molecule has 1 aromatic carbocycles. The molecule has 4 heteroatoms. The summed E-state index contributed by atoms with van der Waals surface area (Å²) < 4.78 is 5.16. The Labute approximate surface area is 123 Å². The van der Waals surface area contributed by atoms with Crippen molar-refractivity contribution in [3.05, 3.63) is 69.6 Å². The third kappa shape index (κ3) is 3.81. The minimum Gasteiger partial charge on any atom is -0.457 e. The summed E-state index contributed by atoms with van der Waals surface area (Å²) >= 11 is 0. The molecule has 21 heavy (non-hydrogen) atoms. The second kappa shape index (κ2) is 5.95. The van der Waals surface area contributed by atoms with E-state index in [4.69, 9.17) is 4.74 Å². The van der Waals surface area contributed by atoms with Gasteiger partial charge in [-0.05, 0) is 28.7 Å². The summed E-state index contributed by atoms with van der Waals surface area (Å²) in [5.74, 6) is -0.614. The Hall–Kier alpha value is -2.36. The Morgan fingerprint density at radius 3 is 2.38 bits per heavy atom. The number of H-pyrrole nitrogens is 1. The molecular weight excluding hydrogens is 266 g/mol. The zero-order chi connectivity index (χ0) is 15.5. The van der Waals surface area contributed by atoms with E-state index in [0.717, 1.165) is 5.56 Å². The molecule has 0 amide bonds. The van der Waals surface area contributed by atoms with Gasteiger partial charge in [0.2, 0.25) is 0 Å². The van der Waals surface area contributed by atoms with Gasteiger partial charge >= 0.3 is 5.97 Å². The Morgan fingerprint density at radius 2 is 1.81 bits per heavy atom. The number of benzene rings is 1. The van der Waals surface area contributed by atoms with E-state index in [1.165, 1.54) is 17.8 Å². The number of hydrogen-bond acceptors (Lipinski definition) is 3. The number of carbonyl (C=O) groups is 1. The van der Waals surface area contributed by atoms with Crippen molar-refractivity contribution in [3.63, 3.8) is 0 Å². The minimum atomic E-state index is -0.614. The van der Waals surface area contributed by atoms with Gasteiger partial charge in [0.25, 0.3) is 5.56 Å². The first-order valence-corrected chi connectivity index (χ1v) is 6.82. The van der Waals surface area contributed by atoms with Crippen LogP contribution in [0.3, 0.4) is 0 Å².